The number of furan rings is 1. The average Bonchev–Trinajstić information content (AvgIpc) is 3.19. The summed E-state index contributed by atoms with van der Waals surface area (Å²) >= 11 is 0. The maximum atomic E-state index is 12.6. The van der Waals surface area contributed by atoms with Gasteiger partial charge in [-0.1, -0.05) is 6.07 Å². The molecule has 1 N–H and O–H groups in total. The van der Waals surface area contributed by atoms with E-state index in [1.807, 2.05) is 30.2 Å². The highest BCUT2D eigenvalue weighted by molar-refractivity contribution is 5.91. The first-order valence-electron chi connectivity index (χ1n) is 8.64. The number of aromatic nitrogens is 1. The lowest BCUT2D eigenvalue weighted by molar-refractivity contribution is -0.120. The predicted octanol–water partition coefficient (Wildman–Crippen LogP) is 2.26. The minimum atomic E-state index is -0.282. The fourth-order valence-corrected chi connectivity index (χ4v) is 4.10. The second kappa shape index (κ2) is 6.02. The maximum Gasteiger partial charge on any atom is 0.289 e. The van der Waals surface area contributed by atoms with E-state index in [9.17, 15) is 9.59 Å². The Morgan fingerprint density at radius 1 is 1.32 bits per heavy atom. The first-order chi connectivity index (χ1) is 12.1. The first kappa shape index (κ1) is 15.9. The number of hydrogen-bond donors (Lipinski definition) is 1. The van der Waals surface area contributed by atoms with E-state index in [1.54, 1.807) is 18.3 Å². The quantitative estimate of drug-likeness (QED) is 0.911. The zero-order chi connectivity index (χ0) is 17.4. The van der Waals surface area contributed by atoms with Crippen molar-refractivity contribution in [2.75, 3.05) is 13.1 Å². The number of carbonyl (C=O) groups excluding carboxylic acids is 2. The third-order valence-corrected chi connectivity index (χ3v) is 5.43. The van der Waals surface area contributed by atoms with Gasteiger partial charge in [0.1, 0.15) is 5.76 Å². The Morgan fingerprint density at radius 3 is 2.76 bits per heavy atom. The van der Waals surface area contributed by atoms with E-state index >= 15 is 0 Å². The highest BCUT2D eigenvalue weighted by atomic mass is 16.3. The Balaban J connectivity index is 1.51. The second-order valence-corrected chi connectivity index (χ2v) is 6.95. The third-order valence-electron chi connectivity index (χ3n) is 5.43. The van der Waals surface area contributed by atoms with Crippen molar-refractivity contribution in [1.29, 1.82) is 0 Å². The normalized spacial score (nSPS) is 22.2. The molecule has 0 aliphatic carbocycles. The smallest absolute Gasteiger partial charge is 0.289 e. The summed E-state index contributed by atoms with van der Waals surface area (Å²) in [5, 5.41) is 3.19. The lowest BCUT2D eigenvalue weighted by atomic mass is 9.74. The largest absolute Gasteiger partial charge is 0.456 e. The van der Waals surface area contributed by atoms with Gasteiger partial charge in [-0.15, -0.1) is 0 Å². The third kappa shape index (κ3) is 2.81. The Bertz CT molecular complexity index is 791. The molecule has 1 spiro atoms. The van der Waals surface area contributed by atoms with Crippen LogP contribution in [0.15, 0.2) is 41.1 Å². The number of pyridine rings is 1. The molecule has 25 heavy (non-hydrogen) atoms. The zero-order valence-electron chi connectivity index (χ0n) is 14.2. The molecular weight excluding hydrogens is 318 g/mol. The van der Waals surface area contributed by atoms with Gasteiger partial charge >= 0.3 is 0 Å². The van der Waals surface area contributed by atoms with Crippen molar-refractivity contribution in [3.05, 3.63) is 53.7 Å². The molecule has 6 nitrogen and oxygen atoms in total. The van der Waals surface area contributed by atoms with Crippen LogP contribution in [0, 0.1) is 6.92 Å². The summed E-state index contributed by atoms with van der Waals surface area (Å²) in [6, 6.07) is 7.46. The van der Waals surface area contributed by atoms with Crippen LogP contribution in [-0.2, 0) is 4.79 Å². The molecule has 4 heterocycles. The number of hydrogen-bond acceptors (Lipinski definition) is 4. The molecule has 4 rings (SSSR count). The van der Waals surface area contributed by atoms with Crippen LogP contribution in [-0.4, -0.2) is 40.3 Å². The Hall–Kier alpha value is -2.63. The van der Waals surface area contributed by atoms with Gasteiger partial charge in [-0.25, -0.2) is 0 Å². The van der Waals surface area contributed by atoms with Crippen molar-refractivity contribution >= 4 is 11.8 Å². The summed E-state index contributed by atoms with van der Waals surface area (Å²) in [7, 11) is 0. The van der Waals surface area contributed by atoms with Crippen molar-refractivity contribution in [2.45, 2.75) is 37.6 Å². The molecule has 130 valence electrons. The van der Waals surface area contributed by atoms with Gasteiger partial charge in [-0.3, -0.25) is 14.6 Å². The molecule has 2 aliphatic rings. The molecule has 2 saturated heterocycles. The maximum absolute atomic E-state index is 12.6. The monoisotopic (exact) mass is 339 g/mol. The summed E-state index contributed by atoms with van der Waals surface area (Å²) in [5.74, 6) is 1.22. The van der Waals surface area contributed by atoms with Gasteiger partial charge < -0.3 is 14.6 Å². The molecule has 1 atom stereocenters. The van der Waals surface area contributed by atoms with E-state index in [2.05, 4.69) is 10.3 Å². The van der Waals surface area contributed by atoms with Crippen LogP contribution in [0.4, 0.5) is 0 Å². The molecule has 2 amide bonds. The molecule has 0 aromatic carbocycles. The molecule has 0 bridgehead atoms. The van der Waals surface area contributed by atoms with E-state index in [1.165, 1.54) is 0 Å². The van der Waals surface area contributed by atoms with Crippen molar-refractivity contribution in [1.82, 2.24) is 15.2 Å². The fourth-order valence-electron chi connectivity index (χ4n) is 4.10. The molecule has 0 saturated carbocycles. The molecular formula is C19H21N3O3. The van der Waals surface area contributed by atoms with Gasteiger partial charge in [0, 0.05) is 37.8 Å². The number of piperidine rings is 1. The van der Waals surface area contributed by atoms with Crippen LogP contribution in [0.5, 0.6) is 0 Å². The van der Waals surface area contributed by atoms with Gasteiger partial charge in [0.25, 0.3) is 5.91 Å². The van der Waals surface area contributed by atoms with Gasteiger partial charge in [0.15, 0.2) is 5.76 Å². The van der Waals surface area contributed by atoms with Crippen LogP contribution in [0.3, 0.4) is 0 Å². The molecule has 2 fully saturated rings. The zero-order valence-corrected chi connectivity index (χ0v) is 14.2. The van der Waals surface area contributed by atoms with Gasteiger partial charge in [-0.2, -0.15) is 0 Å². The fraction of sp³-hybridized carbons (Fsp3) is 0.421. The van der Waals surface area contributed by atoms with Crippen molar-refractivity contribution < 1.29 is 14.0 Å². The number of likely N-dealkylation sites (tertiary alicyclic amines) is 1. The van der Waals surface area contributed by atoms with E-state index in [0.29, 0.717) is 25.3 Å². The first-order valence-corrected chi connectivity index (χ1v) is 8.64. The van der Waals surface area contributed by atoms with E-state index < -0.39 is 0 Å². The molecule has 2 aromatic rings. The van der Waals surface area contributed by atoms with Crippen LogP contribution >= 0.6 is 0 Å². The number of nitrogens with one attached hydrogen (secondary N) is 1. The minimum absolute atomic E-state index is 0.0785. The summed E-state index contributed by atoms with van der Waals surface area (Å²) in [4.78, 5) is 30.7. The van der Waals surface area contributed by atoms with Crippen LogP contribution in [0.1, 0.15) is 47.1 Å². The Kier molecular flexibility index (Phi) is 3.82. The number of nitrogens with zero attached hydrogens (tertiary/aromatic N) is 2. The minimum Gasteiger partial charge on any atom is -0.456 e. The predicted molar refractivity (Wildman–Crippen MR) is 91.1 cm³/mol. The van der Waals surface area contributed by atoms with Crippen LogP contribution in [0.25, 0.3) is 0 Å². The van der Waals surface area contributed by atoms with Crippen LogP contribution in [0.2, 0.25) is 0 Å². The van der Waals surface area contributed by atoms with Crippen molar-refractivity contribution in [2.24, 2.45) is 0 Å². The van der Waals surface area contributed by atoms with E-state index in [4.69, 9.17) is 4.42 Å². The number of aryl methyl sites for hydroxylation is 1. The summed E-state index contributed by atoms with van der Waals surface area (Å²) in [6.45, 7) is 3.04. The second-order valence-electron chi connectivity index (χ2n) is 6.95. The molecule has 0 radical (unpaired) electrons. The SMILES string of the molecule is Cc1ccc(C(=O)N2CCC3(CC2)NC(=O)C[C@H]3c2cccnc2)o1. The van der Waals surface area contributed by atoms with Gasteiger partial charge in [-0.05, 0) is 43.5 Å². The number of rotatable bonds is 2. The van der Waals surface area contributed by atoms with E-state index in [0.717, 1.165) is 24.2 Å². The average molecular weight is 339 g/mol. The Labute approximate surface area is 146 Å². The molecule has 0 unspecified atom stereocenters. The Morgan fingerprint density at radius 2 is 2.12 bits per heavy atom. The lowest BCUT2D eigenvalue weighted by Crippen LogP contribution is -2.54. The topological polar surface area (TPSA) is 75.4 Å². The summed E-state index contributed by atoms with van der Waals surface area (Å²) < 4.78 is 5.45. The number of carbonyl (C=O) groups is 2. The standard InChI is InChI=1S/C19H21N3O3/c1-13-4-5-16(25-13)18(24)22-9-6-19(7-10-22)15(11-17(23)21-19)14-3-2-8-20-12-14/h2-5,8,12,15H,6-7,9-11H2,1H3,(H,21,23)/t15-/m0/s1. The summed E-state index contributed by atoms with van der Waals surface area (Å²) in [6.07, 6.45) is 5.55. The summed E-state index contributed by atoms with van der Waals surface area (Å²) in [5.41, 5.74) is 0.804. The number of amides is 2. The van der Waals surface area contributed by atoms with Crippen molar-refractivity contribution in [3.63, 3.8) is 0 Å². The van der Waals surface area contributed by atoms with Gasteiger partial charge in [0.2, 0.25) is 5.91 Å². The lowest BCUT2D eigenvalue weighted by Gasteiger charge is -2.42. The molecule has 2 aliphatic heterocycles. The highest BCUT2D eigenvalue weighted by Gasteiger charge is 2.49. The van der Waals surface area contributed by atoms with Crippen molar-refractivity contribution in [3.8, 4) is 0 Å². The molecule has 6 heteroatoms. The van der Waals surface area contributed by atoms with Crippen LogP contribution < -0.4 is 5.32 Å². The highest BCUT2D eigenvalue weighted by Crippen LogP contribution is 2.43. The molecule has 2 aromatic heterocycles. The van der Waals surface area contributed by atoms with Gasteiger partial charge in [0.05, 0.1) is 5.54 Å². The van der Waals surface area contributed by atoms with E-state index in [-0.39, 0.29) is 23.3 Å².